The van der Waals surface area contributed by atoms with E-state index in [0.29, 0.717) is 17.5 Å². The topological polar surface area (TPSA) is 97.1 Å². The molecule has 0 fully saturated rings. The van der Waals surface area contributed by atoms with Crippen LogP contribution in [-0.2, 0) is 0 Å². The van der Waals surface area contributed by atoms with Gasteiger partial charge in [0.25, 0.3) is 0 Å². The molecule has 0 bridgehead atoms. The Balaban J connectivity index is 0.794. The summed E-state index contributed by atoms with van der Waals surface area (Å²) in [6.07, 6.45) is 3.82. The number of pyridine rings is 3. The van der Waals surface area contributed by atoms with Gasteiger partial charge in [-0.1, -0.05) is 218 Å². The lowest BCUT2D eigenvalue weighted by atomic mass is 9.91. The zero-order chi connectivity index (χ0) is 73.7. The summed E-state index contributed by atoms with van der Waals surface area (Å²) in [4.78, 5) is 31.0. The fourth-order valence-corrected chi connectivity index (χ4v) is 17.0. The molecule has 0 aliphatic heterocycles. The molecule has 8 heterocycles. The van der Waals surface area contributed by atoms with E-state index in [9.17, 15) is 0 Å². The van der Waals surface area contributed by atoms with Crippen molar-refractivity contribution in [2.75, 3.05) is 0 Å². The standard InChI is InChI=1S/C102H64N10/c1-7-26-65(27-8-1)88-63-75(64-89(105-88)66-28-9-2-10-29-66)70-34-23-39-79(56-70)112-91-43-22-20-41-81(91)85-62-74(60-83(99(85)112)72-49-53-93-87(58-72)97-95(45-25-55-104-97)110(93)77-37-17-6-18-38-77)73-59-82(71-48-52-92-86(57-71)96-94(44-24-54-103-96)109(92)76-35-15-5-16-36-76)98-84(61-73)80-40-19-21-42-90(80)111(98)78-50-46-69(47-51-78)102-107-100(67-30-11-3-12-31-67)106-101(108-102)68-32-13-4-14-33-68/h1-64H. The van der Waals surface area contributed by atoms with E-state index in [2.05, 4.69) is 322 Å². The Morgan fingerprint density at radius 3 is 0.982 bits per heavy atom. The van der Waals surface area contributed by atoms with Crippen molar-refractivity contribution in [2.45, 2.75) is 0 Å². The van der Waals surface area contributed by atoms with Crippen LogP contribution >= 0.6 is 0 Å². The summed E-state index contributed by atoms with van der Waals surface area (Å²) in [5.74, 6) is 1.81. The van der Waals surface area contributed by atoms with Crippen LogP contribution in [0.5, 0.6) is 0 Å². The number of fused-ring (bicyclic) bond motifs is 12. The van der Waals surface area contributed by atoms with Gasteiger partial charge in [-0.2, -0.15) is 0 Å². The van der Waals surface area contributed by atoms with E-state index in [0.717, 1.165) is 194 Å². The first kappa shape index (κ1) is 64.0. The Hall–Kier alpha value is -15.3. The van der Waals surface area contributed by atoms with Gasteiger partial charge >= 0.3 is 0 Å². The minimum absolute atomic E-state index is 0.590. The van der Waals surface area contributed by atoms with E-state index in [4.69, 9.17) is 29.9 Å². The van der Waals surface area contributed by atoms with Gasteiger partial charge in [-0.3, -0.25) is 9.97 Å². The average molecular weight is 1430 g/mol. The third-order valence-electron chi connectivity index (χ3n) is 22.0. The maximum absolute atomic E-state index is 5.30. The SMILES string of the molecule is c1ccc(-c2cc(-c3cccc(-n4c5ccccc5c5cc(-c6cc(-c7ccc8c(c7)c7ncccc7n8-c7ccccc7)c7c(c6)c6ccccc6n7-c6ccc(-c7nc(-c8ccccc8)nc(-c8ccccc8)n7)cc6)cc(-c6ccc7c(c6)c6ncccc6n7-c6ccccc6)c54)c3)cc(-c3ccccc3)n2)cc1. The monoisotopic (exact) mass is 1430 g/mol. The van der Waals surface area contributed by atoms with Crippen LogP contribution in [0.3, 0.4) is 0 Å². The van der Waals surface area contributed by atoms with Gasteiger partial charge in [0, 0.05) is 106 Å². The van der Waals surface area contributed by atoms with Gasteiger partial charge in [0.15, 0.2) is 17.5 Å². The van der Waals surface area contributed by atoms with E-state index in [1.807, 2.05) is 85.2 Å². The number of nitrogens with zero attached hydrogens (tertiary/aromatic N) is 10. The molecule has 0 amide bonds. The highest BCUT2D eigenvalue weighted by atomic mass is 15.0. The maximum Gasteiger partial charge on any atom is 0.164 e. The van der Waals surface area contributed by atoms with Gasteiger partial charge in [0.1, 0.15) is 0 Å². The van der Waals surface area contributed by atoms with Gasteiger partial charge in [-0.25, -0.2) is 19.9 Å². The molecule has 0 saturated carbocycles. The highest BCUT2D eigenvalue weighted by molar-refractivity contribution is 6.20. The molecule has 8 aromatic heterocycles. The van der Waals surface area contributed by atoms with Crippen LogP contribution in [0, 0.1) is 0 Å². The molecule has 0 unspecified atom stereocenters. The minimum Gasteiger partial charge on any atom is -0.309 e. The number of aromatic nitrogens is 10. The van der Waals surface area contributed by atoms with Gasteiger partial charge in [-0.15, -0.1) is 0 Å². The number of benzene rings is 14. The van der Waals surface area contributed by atoms with Crippen molar-refractivity contribution in [3.8, 4) is 124 Å². The number of rotatable bonds is 13. The summed E-state index contributed by atoms with van der Waals surface area (Å²) >= 11 is 0. The van der Waals surface area contributed by atoms with E-state index >= 15 is 0 Å². The van der Waals surface area contributed by atoms with Crippen LogP contribution < -0.4 is 0 Å². The molecule has 10 heteroatoms. The van der Waals surface area contributed by atoms with Crippen LogP contribution in [0.25, 0.3) is 211 Å². The van der Waals surface area contributed by atoms with E-state index in [1.165, 1.54) is 0 Å². The Bertz CT molecular complexity index is 7340. The number of hydrogen-bond donors (Lipinski definition) is 0. The summed E-state index contributed by atoms with van der Waals surface area (Å²) in [6, 6.07) is 135. The van der Waals surface area contributed by atoms with Gasteiger partial charge in [-0.05, 0) is 191 Å². The van der Waals surface area contributed by atoms with E-state index in [-0.39, 0.29) is 0 Å². The third kappa shape index (κ3) is 10.7. The zero-order valence-electron chi connectivity index (χ0n) is 60.4. The highest BCUT2D eigenvalue weighted by Gasteiger charge is 2.26. The third-order valence-corrected chi connectivity index (χ3v) is 22.0. The molecule has 0 atom stereocenters. The van der Waals surface area contributed by atoms with Crippen molar-refractivity contribution in [3.63, 3.8) is 0 Å². The Morgan fingerprint density at radius 1 is 0.179 bits per heavy atom. The minimum atomic E-state index is 0.590. The van der Waals surface area contributed by atoms with Crippen molar-refractivity contribution in [3.05, 3.63) is 389 Å². The first-order chi connectivity index (χ1) is 55.5. The van der Waals surface area contributed by atoms with Crippen molar-refractivity contribution < 1.29 is 0 Å². The van der Waals surface area contributed by atoms with Gasteiger partial charge in [0.05, 0.1) is 66.6 Å². The Labute approximate surface area is 644 Å². The molecular formula is C102H64N10. The molecule has 112 heavy (non-hydrogen) atoms. The summed E-state index contributed by atoms with van der Waals surface area (Å²) in [5.41, 5.74) is 29.8. The summed E-state index contributed by atoms with van der Waals surface area (Å²) in [5, 5.41) is 6.61. The zero-order valence-corrected chi connectivity index (χ0v) is 60.4. The highest BCUT2D eigenvalue weighted by Crippen LogP contribution is 2.48. The normalized spacial score (nSPS) is 11.8. The average Bonchev–Trinajstić information content (AvgIpc) is 1.56. The van der Waals surface area contributed by atoms with Gasteiger partial charge in [0.2, 0.25) is 0 Å². The second-order valence-corrected chi connectivity index (χ2v) is 28.6. The molecule has 22 aromatic rings. The maximum atomic E-state index is 5.30. The second kappa shape index (κ2) is 26.3. The molecule has 14 aromatic carbocycles. The molecule has 0 N–H and O–H groups in total. The quantitative estimate of drug-likeness (QED) is 0.114. The summed E-state index contributed by atoms with van der Waals surface area (Å²) < 4.78 is 9.62. The predicted molar refractivity (Wildman–Crippen MR) is 459 cm³/mol. The largest absolute Gasteiger partial charge is 0.309 e. The number of para-hydroxylation sites is 4. The van der Waals surface area contributed by atoms with Crippen molar-refractivity contribution in [2.24, 2.45) is 0 Å². The van der Waals surface area contributed by atoms with Crippen molar-refractivity contribution >= 4 is 87.5 Å². The van der Waals surface area contributed by atoms with Crippen LogP contribution in [-0.4, -0.2) is 48.2 Å². The molecule has 10 nitrogen and oxygen atoms in total. The number of hydrogen-bond acceptors (Lipinski definition) is 6. The first-order valence-corrected chi connectivity index (χ1v) is 37.8. The van der Waals surface area contributed by atoms with Crippen LogP contribution in [0.15, 0.2) is 389 Å². The van der Waals surface area contributed by atoms with E-state index < -0.39 is 0 Å². The lowest BCUT2D eigenvalue weighted by Crippen LogP contribution is -2.00. The van der Waals surface area contributed by atoms with E-state index in [1.54, 1.807) is 0 Å². The molecule has 22 rings (SSSR count). The second-order valence-electron chi connectivity index (χ2n) is 28.6. The first-order valence-electron chi connectivity index (χ1n) is 37.8. The molecular weight excluding hydrogens is 1370 g/mol. The molecule has 0 aliphatic carbocycles. The molecule has 0 aliphatic rings. The molecule has 0 radical (unpaired) electrons. The lowest BCUT2D eigenvalue weighted by Gasteiger charge is -2.17. The molecule has 522 valence electrons. The lowest BCUT2D eigenvalue weighted by molar-refractivity contribution is 1.07. The van der Waals surface area contributed by atoms with Crippen molar-refractivity contribution in [1.29, 1.82) is 0 Å². The predicted octanol–water partition coefficient (Wildman–Crippen LogP) is 25.4. The summed E-state index contributed by atoms with van der Waals surface area (Å²) in [7, 11) is 0. The fourth-order valence-electron chi connectivity index (χ4n) is 17.0. The molecule has 0 saturated heterocycles. The molecule has 0 spiro atoms. The van der Waals surface area contributed by atoms with Crippen LogP contribution in [0.2, 0.25) is 0 Å². The van der Waals surface area contributed by atoms with Gasteiger partial charge < -0.3 is 18.3 Å². The summed E-state index contributed by atoms with van der Waals surface area (Å²) in [6.45, 7) is 0. The van der Waals surface area contributed by atoms with Crippen LogP contribution in [0.4, 0.5) is 0 Å². The smallest absolute Gasteiger partial charge is 0.164 e. The van der Waals surface area contributed by atoms with Crippen molar-refractivity contribution in [1.82, 2.24) is 48.2 Å². The Kier molecular flexibility index (Phi) is 15.0. The van der Waals surface area contributed by atoms with Crippen LogP contribution in [0.1, 0.15) is 0 Å². The Morgan fingerprint density at radius 2 is 0.518 bits per heavy atom. The fraction of sp³-hybridized carbons (Fsp3) is 0.